The van der Waals surface area contributed by atoms with E-state index in [1.807, 2.05) is 0 Å². The summed E-state index contributed by atoms with van der Waals surface area (Å²) in [5, 5.41) is 10.1. The van der Waals surface area contributed by atoms with Gasteiger partial charge in [0.05, 0.1) is 11.7 Å². The van der Waals surface area contributed by atoms with Gasteiger partial charge >= 0.3 is 6.18 Å². The molecule has 2 aromatic carbocycles. The van der Waals surface area contributed by atoms with E-state index in [2.05, 4.69) is 25.7 Å². The zero-order chi connectivity index (χ0) is 27.9. The summed E-state index contributed by atoms with van der Waals surface area (Å²) >= 11 is 3.09. The molecule has 2 bridgehead atoms. The van der Waals surface area contributed by atoms with Crippen molar-refractivity contribution in [2.45, 2.75) is 68.4 Å². The topological polar surface area (TPSA) is 47.0 Å². The standard InChI is InChI=1S/C29H34BrF4N3O2.2ClH/c1-35(28(39)20-10-21(29(32,33)34)12-22(30)11-20)15-19(18-2-4-23(31)5-3-18)8-9-36-16-26(17-36)37-24-6-7-25(37)14-27(38)13-24;;/h2-5,10-12,19,24-27,38H,6-9,13-17H2,1H3;2*1H/t19-,24?,25?,27?;;/m1../s1. The number of fused-ring (bicyclic) bond motifs is 2. The Morgan fingerprint density at radius 2 is 1.66 bits per heavy atom. The average Bonchev–Trinajstić information content (AvgIpc) is 3.10. The molecule has 2 unspecified atom stereocenters. The van der Waals surface area contributed by atoms with Gasteiger partial charge in [-0.15, -0.1) is 24.8 Å². The van der Waals surface area contributed by atoms with E-state index < -0.39 is 17.6 Å². The maximum absolute atomic E-state index is 13.6. The second-order valence-corrected chi connectivity index (χ2v) is 12.2. The van der Waals surface area contributed by atoms with Crippen molar-refractivity contribution in [2.75, 3.05) is 33.2 Å². The molecule has 41 heavy (non-hydrogen) atoms. The van der Waals surface area contributed by atoms with Gasteiger partial charge in [0.1, 0.15) is 5.82 Å². The third-order valence-electron chi connectivity index (χ3n) is 8.57. The van der Waals surface area contributed by atoms with Gasteiger partial charge in [-0.2, -0.15) is 13.2 Å². The Morgan fingerprint density at radius 3 is 2.24 bits per heavy atom. The molecule has 5 nitrogen and oxygen atoms in total. The third kappa shape index (κ3) is 7.95. The van der Waals surface area contributed by atoms with Crippen LogP contribution in [-0.4, -0.2) is 83.2 Å². The molecule has 1 amide bonds. The number of halogens is 7. The van der Waals surface area contributed by atoms with Crippen LogP contribution in [0.4, 0.5) is 17.6 Å². The highest BCUT2D eigenvalue weighted by molar-refractivity contribution is 9.10. The zero-order valence-corrected chi connectivity index (χ0v) is 25.9. The van der Waals surface area contributed by atoms with E-state index in [9.17, 15) is 27.5 Å². The number of carbonyl (C=O) groups excluding carboxylic acids is 1. The predicted molar refractivity (Wildman–Crippen MR) is 158 cm³/mol. The van der Waals surface area contributed by atoms with E-state index in [1.165, 1.54) is 23.1 Å². The average molecular weight is 685 g/mol. The van der Waals surface area contributed by atoms with Crippen LogP contribution in [-0.2, 0) is 6.18 Å². The number of nitrogens with zero attached hydrogens (tertiary/aromatic N) is 3. The number of alkyl halides is 3. The van der Waals surface area contributed by atoms with Gasteiger partial charge in [-0.1, -0.05) is 28.1 Å². The number of likely N-dealkylation sites (N-methyl/N-ethyl adjacent to an activating group) is 1. The quantitative estimate of drug-likeness (QED) is 0.329. The third-order valence-corrected chi connectivity index (χ3v) is 9.03. The Bertz CT molecular complexity index is 1170. The van der Waals surface area contributed by atoms with Crippen LogP contribution in [0, 0.1) is 5.82 Å². The van der Waals surface area contributed by atoms with Crippen LogP contribution in [0.15, 0.2) is 46.9 Å². The molecule has 0 saturated carbocycles. The van der Waals surface area contributed by atoms with Crippen LogP contribution in [0.5, 0.6) is 0 Å². The van der Waals surface area contributed by atoms with Crippen molar-refractivity contribution in [1.82, 2.24) is 14.7 Å². The number of hydrogen-bond acceptors (Lipinski definition) is 4. The lowest BCUT2D eigenvalue weighted by atomic mass is 9.92. The zero-order valence-electron chi connectivity index (χ0n) is 22.7. The van der Waals surface area contributed by atoms with Crippen molar-refractivity contribution in [1.29, 1.82) is 0 Å². The minimum atomic E-state index is -4.56. The number of likely N-dealkylation sites (tertiary alicyclic amines) is 1. The number of aliphatic hydroxyl groups excluding tert-OH is 1. The fourth-order valence-electron chi connectivity index (χ4n) is 6.64. The van der Waals surface area contributed by atoms with Crippen LogP contribution in [0.25, 0.3) is 0 Å². The molecule has 3 aliphatic rings. The molecule has 12 heteroatoms. The van der Waals surface area contributed by atoms with E-state index in [0.29, 0.717) is 24.7 Å². The number of hydrogen-bond donors (Lipinski definition) is 1. The largest absolute Gasteiger partial charge is 0.416 e. The summed E-state index contributed by atoms with van der Waals surface area (Å²) in [6.45, 7) is 3.03. The number of amides is 1. The number of rotatable bonds is 8. The lowest BCUT2D eigenvalue weighted by molar-refractivity contribution is -0.137. The van der Waals surface area contributed by atoms with Crippen LogP contribution in [0.1, 0.15) is 59.5 Å². The monoisotopic (exact) mass is 683 g/mol. The van der Waals surface area contributed by atoms with Gasteiger partial charge in [0.2, 0.25) is 0 Å². The summed E-state index contributed by atoms with van der Waals surface area (Å²) in [5.41, 5.74) is -0.0296. The summed E-state index contributed by atoms with van der Waals surface area (Å²) < 4.78 is 53.7. The molecule has 0 spiro atoms. The van der Waals surface area contributed by atoms with Crippen LogP contribution in [0.3, 0.4) is 0 Å². The SMILES string of the molecule is CN(C[C@@H](CCN1CC(N2C3CCC2CC(O)C3)C1)c1ccc(F)cc1)C(=O)c1cc(Br)cc(C(F)(F)F)c1.Cl.Cl. The minimum Gasteiger partial charge on any atom is -0.393 e. The highest BCUT2D eigenvalue weighted by Crippen LogP contribution is 2.39. The first-order valence-electron chi connectivity index (χ1n) is 13.5. The maximum Gasteiger partial charge on any atom is 0.416 e. The molecule has 2 aromatic rings. The maximum atomic E-state index is 13.6. The van der Waals surface area contributed by atoms with Crippen LogP contribution in [0.2, 0.25) is 0 Å². The fraction of sp³-hybridized carbons (Fsp3) is 0.552. The molecule has 3 aliphatic heterocycles. The number of benzene rings is 2. The second kappa shape index (κ2) is 13.9. The molecule has 3 saturated heterocycles. The van der Waals surface area contributed by atoms with Crippen molar-refractivity contribution in [3.63, 3.8) is 0 Å². The molecule has 1 N–H and O–H groups in total. The van der Waals surface area contributed by atoms with Crippen molar-refractivity contribution in [3.05, 3.63) is 69.4 Å². The number of carbonyl (C=O) groups is 1. The van der Waals surface area contributed by atoms with E-state index >= 15 is 0 Å². The molecule has 3 fully saturated rings. The summed E-state index contributed by atoms with van der Waals surface area (Å²) in [6.07, 6.45) is 0.0413. The van der Waals surface area contributed by atoms with Crippen molar-refractivity contribution >= 4 is 46.7 Å². The molecule has 3 atom stereocenters. The summed E-state index contributed by atoms with van der Waals surface area (Å²) in [4.78, 5) is 19.6. The minimum absolute atomic E-state index is 0. The van der Waals surface area contributed by atoms with E-state index in [4.69, 9.17) is 0 Å². The molecule has 3 heterocycles. The Morgan fingerprint density at radius 1 is 1.05 bits per heavy atom. The molecule has 228 valence electrons. The summed E-state index contributed by atoms with van der Waals surface area (Å²) in [7, 11) is 1.59. The Kier molecular flexibility index (Phi) is 11.6. The summed E-state index contributed by atoms with van der Waals surface area (Å²) in [5.74, 6) is -0.947. The fourth-order valence-corrected chi connectivity index (χ4v) is 7.14. The molecule has 5 rings (SSSR count). The van der Waals surface area contributed by atoms with Gasteiger partial charge in [0.15, 0.2) is 0 Å². The van der Waals surface area contributed by atoms with Crippen molar-refractivity contribution in [3.8, 4) is 0 Å². The Labute approximate surface area is 259 Å². The van der Waals surface area contributed by atoms with Gasteiger partial charge in [-0.25, -0.2) is 4.39 Å². The first-order chi connectivity index (χ1) is 18.5. The van der Waals surface area contributed by atoms with Gasteiger partial charge in [0.25, 0.3) is 5.91 Å². The Hall–Kier alpha value is -1.43. The molecular formula is C29H36BrCl2F4N3O2. The van der Waals surface area contributed by atoms with Crippen molar-refractivity contribution < 1.29 is 27.5 Å². The number of aliphatic hydroxyl groups is 1. The van der Waals surface area contributed by atoms with Crippen molar-refractivity contribution in [2.24, 2.45) is 0 Å². The molecule has 0 aliphatic carbocycles. The Balaban J connectivity index is 0.00000231. The highest BCUT2D eigenvalue weighted by Gasteiger charge is 2.46. The lowest BCUT2D eigenvalue weighted by Crippen LogP contribution is -2.64. The van der Waals surface area contributed by atoms with Gasteiger partial charge in [0, 0.05) is 60.8 Å². The van der Waals surface area contributed by atoms with E-state index in [0.717, 1.165) is 69.4 Å². The smallest absolute Gasteiger partial charge is 0.393 e. The number of piperidine rings is 1. The molecule has 0 radical (unpaired) electrons. The second-order valence-electron chi connectivity index (χ2n) is 11.3. The lowest BCUT2D eigenvalue weighted by Gasteiger charge is -2.51. The van der Waals surface area contributed by atoms with Gasteiger partial charge in [-0.05, 0) is 74.5 Å². The molecular weight excluding hydrogens is 649 g/mol. The highest BCUT2D eigenvalue weighted by atomic mass is 79.9. The van der Waals surface area contributed by atoms with E-state index in [1.54, 1.807) is 19.2 Å². The van der Waals surface area contributed by atoms with E-state index in [-0.39, 0.29) is 52.7 Å². The van der Waals surface area contributed by atoms with Gasteiger partial charge < -0.3 is 14.9 Å². The normalized spacial score (nSPS) is 23.7. The first kappa shape index (κ1) is 34.1. The molecule has 0 aromatic heterocycles. The van der Waals surface area contributed by atoms with Crippen LogP contribution >= 0.6 is 40.7 Å². The first-order valence-corrected chi connectivity index (χ1v) is 14.3. The van der Waals surface area contributed by atoms with Gasteiger partial charge in [-0.3, -0.25) is 9.69 Å². The summed E-state index contributed by atoms with van der Waals surface area (Å²) in [6, 6.07) is 10.9. The van der Waals surface area contributed by atoms with Crippen LogP contribution < -0.4 is 0 Å². The predicted octanol–water partition coefficient (Wildman–Crippen LogP) is 6.37.